The Balaban J connectivity index is 2.26. The lowest BCUT2D eigenvalue weighted by atomic mass is 10.2. The summed E-state index contributed by atoms with van der Waals surface area (Å²) in [5.41, 5.74) is 1.09. The maximum atomic E-state index is 9.99. The number of methoxy groups -OCH3 is 1. The molecule has 0 amide bonds. The van der Waals surface area contributed by atoms with E-state index in [9.17, 15) is 5.11 Å². The van der Waals surface area contributed by atoms with Gasteiger partial charge in [0.1, 0.15) is 5.75 Å². The standard InChI is InChI=1S/C19H32O4Si/c1-19(2,3)24(5,6)23-15-17(20)8-7-13-22-14-16-9-11-18(21-4)12-10-16/h7-12,17,20H,13-15H2,1-6H3/b8-7-/t17-/m0/s1. The van der Waals surface area contributed by atoms with Gasteiger partial charge in [0.15, 0.2) is 8.32 Å². The first-order chi connectivity index (χ1) is 11.2. The van der Waals surface area contributed by atoms with Crippen LogP contribution in [-0.2, 0) is 15.8 Å². The van der Waals surface area contributed by atoms with Gasteiger partial charge < -0.3 is 19.0 Å². The number of ether oxygens (including phenoxy) is 2. The molecule has 136 valence electrons. The van der Waals surface area contributed by atoms with Crippen molar-refractivity contribution in [3.63, 3.8) is 0 Å². The molecule has 0 aromatic heterocycles. The molecular weight excluding hydrogens is 320 g/mol. The molecule has 0 spiro atoms. The molecule has 0 radical (unpaired) electrons. The predicted octanol–water partition coefficient (Wildman–Crippen LogP) is 4.15. The summed E-state index contributed by atoms with van der Waals surface area (Å²) in [6.45, 7) is 12.3. The topological polar surface area (TPSA) is 47.9 Å². The Labute approximate surface area is 147 Å². The highest BCUT2D eigenvalue weighted by Crippen LogP contribution is 2.36. The second-order valence-electron chi connectivity index (χ2n) is 7.43. The summed E-state index contributed by atoms with van der Waals surface area (Å²) in [6.07, 6.45) is 2.98. The molecule has 1 N–H and O–H groups in total. The molecule has 0 saturated heterocycles. The largest absolute Gasteiger partial charge is 0.497 e. The summed E-state index contributed by atoms with van der Waals surface area (Å²) in [4.78, 5) is 0. The first-order valence-electron chi connectivity index (χ1n) is 8.35. The molecular formula is C19H32O4Si. The van der Waals surface area contributed by atoms with E-state index in [2.05, 4.69) is 33.9 Å². The van der Waals surface area contributed by atoms with Gasteiger partial charge in [-0.05, 0) is 35.8 Å². The van der Waals surface area contributed by atoms with Gasteiger partial charge in [-0.3, -0.25) is 0 Å². The minimum atomic E-state index is -1.81. The summed E-state index contributed by atoms with van der Waals surface area (Å²) >= 11 is 0. The SMILES string of the molecule is COc1ccc(COC/C=C\[C@H](O)CO[Si](C)(C)C(C)(C)C)cc1. The lowest BCUT2D eigenvalue weighted by Crippen LogP contribution is -2.42. The van der Waals surface area contributed by atoms with Crippen molar-refractivity contribution in [2.45, 2.75) is 51.6 Å². The summed E-state index contributed by atoms with van der Waals surface area (Å²) in [5, 5.41) is 10.1. The van der Waals surface area contributed by atoms with Gasteiger partial charge in [0, 0.05) is 0 Å². The third kappa shape index (κ3) is 7.17. The third-order valence-corrected chi connectivity index (χ3v) is 8.92. The van der Waals surface area contributed by atoms with Crippen molar-refractivity contribution in [1.29, 1.82) is 0 Å². The summed E-state index contributed by atoms with van der Waals surface area (Å²) in [6, 6.07) is 7.78. The third-order valence-electron chi connectivity index (χ3n) is 4.42. The van der Waals surface area contributed by atoms with Crippen molar-refractivity contribution >= 4 is 8.32 Å². The Bertz CT molecular complexity index is 503. The zero-order valence-corrected chi connectivity index (χ0v) is 16.8. The first-order valence-corrected chi connectivity index (χ1v) is 11.3. The van der Waals surface area contributed by atoms with Crippen molar-refractivity contribution in [2.75, 3.05) is 20.3 Å². The maximum Gasteiger partial charge on any atom is 0.192 e. The Hall–Kier alpha value is -1.14. The van der Waals surface area contributed by atoms with E-state index >= 15 is 0 Å². The van der Waals surface area contributed by atoms with Gasteiger partial charge in [0.05, 0.1) is 33.0 Å². The highest BCUT2D eigenvalue weighted by molar-refractivity contribution is 6.74. The van der Waals surface area contributed by atoms with Crippen LogP contribution in [0.1, 0.15) is 26.3 Å². The molecule has 0 fully saturated rings. The Kier molecular flexibility index (Phi) is 8.16. The lowest BCUT2D eigenvalue weighted by molar-refractivity contribution is 0.130. The van der Waals surface area contributed by atoms with E-state index in [-0.39, 0.29) is 5.04 Å². The summed E-state index contributed by atoms with van der Waals surface area (Å²) in [7, 11) is -0.160. The normalized spacial score (nSPS) is 14.1. The number of aliphatic hydroxyl groups excluding tert-OH is 1. The van der Waals surface area contributed by atoms with Crippen molar-refractivity contribution < 1.29 is 19.0 Å². The fraction of sp³-hybridized carbons (Fsp3) is 0.579. The molecule has 0 unspecified atom stereocenters. The molecule has 1 aromatic carbocycles. The number of aliphatic hydroxyl groups is 1. The van der Waals surface area contributed by atoms with E-state index < -0.39 is 14.4 Å². The molecule has 1 rings (SSSR count). The van der Waals surface area contributed by atoms with Crippen LogP contribution in [0.4, 0.5) is 0 Å². The first kappa shape index (κ1) is 20.9. The van der Waals surface area contributed by atoms with E-state index in [0.29, 0.717) is 19.8 Å². The monoisotopic (exact) mass is 352 g/mol. The van der Waals surface area contributed by atoms with E-state index in [1.807, 2.05) is 30.3 Å². The second kappa shape index (κ2) is 9.37. The zero-order chi connectivity index (χ0) is 18.2. The molecule has 4 nitrogen and oxygen atoms in total. The van der Waals surface area contributed by atoms with Crippen molar-refractivity contribution in [1.82, 2.24) is 0 Å². The highest BCUT2D eigenvalue weighted by atomic mass is 28.4. The van der Waals surface area contributed by atoms with Gasteiger partial charge in [-0.15, -0.1) is 0 Å². The average molecular weight is 353 g/mol. The maximum absolute atomic E-state index is 9.99. The summed E-state index contributed by atoms with van der Waals surface area (Å²) < 4.78 is 16.7. The van der Waals surface area contributed by atoms with Crippen LogP contribution in [0.25, 0.3) is 0 Å². The van der Waals surface area contributed by atoms with Gasteiger partial charge in [0.25, 0.3) is 0 Å². The smallest absolute Gasteiger partial charge is 0.192 e. The zero-order valence-electron chi connectivity index (χ0n) is 15.8. The molecule has 0 saturated carbocycles. The summed E-state index contributed by atoms with van der Waals surface area (Å²) in [5.74, 6) is 0.837. The minimum absolute atomic E-state index is 0.151. The van der Waals surface area contributed by atoms with Gasteiger partial charge >= 0.3 is 0 Å². The van der Waals surface area contributed by atoms with Crippen molar-refractivity contribution in [3.05, 3.63) is 42.0 Å². The van der Waals surface area contributed by atoms with Crippen LogP contribution in [0.2, 0.25) is 18.1 Å². The fourth-order valence-electron chi connectivity index (χ4n) is 1.74. The molecule has 0 aliphatic heterocycles. The van der Waals surface area contributed by atoms with Gasteiger partial charge in [-0.25, -0.2) is 0 Å². The van der Waals surface area contributed by atoms with Crippen LogP contribution in [0.5, 0.6) is 5.75 Å². The van der Waals surface area contributed by atoms with Gasteiger partial charge in [0.2, 0.25) is 0 Å². The highest BCUT2D eigenvalue weighted by Gasteiger charge is 2.37. The number of hydrogen-bond donors (Lipinski definition) is 1. The Morgan fingerprint density at radius 1 is 1.17 bits per heavy atom. The van der Waals surface area contributed by atoms with Gasteiger partial charge in [-0.1, -0.05) is 45.1 Å². The van der Waals surface area contributed by atoms with Crippen LogP contribution in [-0.4, -0.2) is 39.9 Å². The lowest BCUT2D eigenvalue weighted by Gasteiger charge is -2.36. The molecule has 0 bridgehead atoms. The second-order valence-corrected chi connectivity index (χ2v) is 12.2. The van der Waals surface area contributed by atoms with E-state index in [4.69, 9.17) is 13.9 Å². The number of benzene rings is 1. The minimum Gasteiger partial charge on any atom is -0.497 e. The quantitative estimate of drug-likeness (QED) is 0.412. The Morgan fingerprint density at radius 3 is 2.33 bits per heavy atom. The molecule has 5 heteroatoms. The molecule has 24 heavy (non-hydrogen) atoms. The molecule has 0 aliphatic carbocycles. The molecule has 1 aromatic rings. The molecule has 0 heterocycles. The van der Waals surface area contributed by atoms with Gasteiger partial charge in [-0.2, -0.15) is 0 Å². The van der Waals surface area contributed by atoms with E-state index in [1.54, 1.807) is 13.2 Å². The van der Waals surface area contributed by atoms with E-state index in [1.165, 1.54) is 0 Å². The van der Waals surface area contributed by atoms with Crippen LogP contribution < -0.4 is 4.74 Å². The fourth-order valence-corrected chi connectivity index (χ4v) is 2.77. The predicted molar refractivity (Wildman–Crippen MR) is 101 cm³/mol. The van der Waals surface area contributed by atoms with Crippen molar-refractivity contribution in [3.8, 4) is 5.75 Å². The molecule has 1 atom stereocenters. The van der Waals surface area contributed by atoms with Crippen LogP contribution in [0, 0.1) is 0 Å². The van der Waals surface area contributed by atoms with Crippen molar-refractivity contribution in [2.24, 2.45) is 0 Å². The van der Waals surface area contributed by atoms with E-state index in [0.717, 1.165) is 11.3 Å². The van der Waals surface area contributed by atoms with Crippen LogP contribution >= 0.6 is 0 Å². The Morgan fingerprint density at radius 2 is 1.79 bits per heavy atom. The average Bonchev–Trinajstić information content (AvgIpc) is 2.52. The number of rotatable bonds is 9. The molecule has 0 aliphatic rings. The van der Waals surface area contributed by atoms with Crippen LogP contribution in [0.3, 0.4) is 0 Å². The number of hydrogen-bond acceptors (Lipinski definition) is 4. The van der Waals surface area contributed by atoms with Crippen LogP contribution in [0.15, 0.2) is 36.4 Å².